The van der Waals surface area contributed by atoms with Gasteiger partial charge in [-0.3, -0.25) is 19.8 Å². The Bertz CT molecular complexity index is 2770. The number of carbonyl (C=O) groups excluding carboxylic acids is 1. The van der Waals surface area contributed by atoms with Crippen molar-refractivity contribution in [1.29, 1.82) is 0 Å². The fourth-order valence-electron chi connectivity index (χ4n) is 11.6. The minimum atomic E-state index is -4.68. The van der Waals surface area contributed by atoms with Crippen molar-refractivity contribution in [3.8, 4) is 17.2 Å². The van der Waals surface area contributed by atoms with E-state index in [1.54, 1.807) is 12.1 Å². The van der Waals surface area contributed by atoms with Crippen molar-refractivity contribution in [3.05, 3.63) is 106 Å². The highest BCUT2D eigenvalue weighted by atomic mass is 32.2. The second-order valence-electron chi connectivity index (χ2n) is 19.8. The van der Waals surface area contributed by atoms with Crippen LogP contribution in [0.2, 0.25) is 0 Å². The van der Waals surface area contributed by atoms with Crippen molar-refractivity contribution >= 4 is 44.0 Å². The van der Waals surface area contributed by atoms with Crippen molar-refractivity contribution in [2.45, 2.75) is 114 Å². The second-order valence-corrected chi connectivity index (χ2v) is 21.5. The van der Waals surface area contributed by atoms with Gasteiger partial charge in [-0.15, -0.1) is 0 Å². The molecule has 348 valence electrons. The van der Waals surface area contributed by atoms with Crippen LogP contribution in [0.15, 0.2) is 78.0 Å². The molecule has 3 aliphatic heterocycles. The largest absolute Gasteiger partial charge is 0.489 e. The number of hydrogen-bond donors (Lipinski definition) is 3. The fraction of sp³-hybridized carbons (Fsp3) is 0.480. The first kappa shape index (κ1) is 44.1. The Morgan fingerprint density at radius 1 is 1.03 bits per heavy atom. The van der Waals surface area contributed by atoms with Gasteiger partial charge in [0.25, 0.3) is 21.6 Å². The number of ether oxygens (including phenoxy) is 2. The number of aromatic nitrogens is 2. The number of aromatic amines is 1. The molecule has 66 heavy (non-hydrogen) atoms. The molecule has 0 bridgehead atoms. The minimum absolute atomic E-state index is 0.0269. The molecular weight excluding hydrogens is 862 g/mol. The molecule has 1 amide bonds. The highest BCUT2D eigenvalue weighted by molar-refractivity contribution is 7.90. The van der Waals surface area contributed by atoms with E-state index in [1.165, 1.54) is 67.4 Å². The number of nitro groups is 1. The maximum absolute atomic E-state index is 14.7. The van der Waals surface area contributed by atoms with Crippen LogP contribution in [0, 0.1) is 33.2 Å². The quantitative estimate of drug-likeness (QED) is 0.0850. The van der Waals surface area contributed by atoms with Crippen LogP contribution in [0.4, 0.5) is 21.5 Å². The third-order valence-electron chi connectivity index (χ3n) is 15.3. The number of hydrogen-bond acceptors (Lipinski definition) is 11. The molecule has 0 unspecified atom stereocenters. The average Bonchev–Trinajstić information content (AvgIpc) is 3.94. The number of amides is 1. The van der Waals surface area contributed by atoms with Gasteiger partial charge in [-0.2, -0.15) is 0 Å². The number of carbonyl (C=O) groups is 1. The second kappa shape index (κ2) is 17.5. The summed E-state index contributed by atoms with van der Waals surface area (Å²) in [5.41, 5.74) is 3.86. The molecule has 5 heterocycles. The first-order chi connectivity index (χ1) is 31.7. The van der Waals surface area contributed by atoms with Gasteiger partial charge < -0.3 is 24.7 Å². The summed E-state index contributed by atoms with van der Waals surface area (Å²) in [6.45, 7) is 9.72. The van der Waals surface area contributed by atoms with Gasteiger partial charge in [0, 0.05) is 55.3 Å². The van der Waals surface area contributed by atoms with E-state index in [-0.39, 0.29) is 57.9 Å². The van der Waals surface area contributed by atoms with Crippen molar-refractivity contribution in [2.24, 2.45) is 17.3 Å². The highest BCUT2D eigenvalue weighted by Gasteiger charge is 2.50. The SMILES string of the molecule is CC1CCC([C@@H]2COc3cc(S(=O)(=O)NC(=O)c4ccc(N5CCC6(CC5)CC(N5CCC[C@H]5c5ccccc5C(C)C)C6)cc4Oc4cnc5[nH]cc(F)c5c4)cc([N+](=O)[O-])c3N2)CC1. The normalized spacial score (nSPS) is 23.3. The Kier molecular flexibility index (Phi) is 11.7. The van der Waals surface area contributed by atoms with Crippen LogP contribution in [0.25, 0.3) is 11.0 Å². The number of piperidine rings is 1. The Labute approximate surface area is 384 Å². The third kappa shape index (κ3) is 8.46. The molecule has 2 aromatic heterocycles. The summed E-state index contributed by atoms with van der Waals surface area (Å²) in [7, 11) is -4.68. The predicted molar refractivity (Wildman–Crippen MR) is 250 cm³/mol. The number of pyridine rings is 1. The van der Waals surface area contributed by atoms with Crippen LogP contribution < -0.4 is 24.4 Å². The maximum Gasteiger partial charge on any atom is 0.297 e. The summed E-state index contributed by atoms with van der Waals surface area (Å²) in [5, 5.41) is 15.9. The van der Waals surface area contributed by atoms with Crippen LogP contribution in [-0.4, -0.2) is 72.4 Å². The number of anilines is 2. The zero-order valence-electron chi connectivity index (χ0n) is 37.7. The zero-order chi connectivity index (χ0) is 45.9. The van der Waals surface area contributed by atoms with Gasteiger partial charge in [-0.05, 0) is 110 Å². The van der Waals surface area contributed by atoms with Gasteiger partial charge in [0.2, 0.25) is 0 Å². The Balaban J connectivity index is 0.865. The summed E-state index contributed by atoms with van der Waals surface area (Å²) in [5.74, 6) is 0.0386. The standard InChI is InChI=1S/C50H58FN7O7S/c1-30(2)37-7-4-5-8-38(37)43-9-6-18-57(43)34-25-50(26-34)16-19-56(20-17-50)33-14-15-39(45(21-33)65-35-22-40-41(51)28-53-48(40)52-27-35)49(59)55-66(62,63)36-23-44(58(60)61)47-46(24-36)64-29-42(54-47)32-12-10-31(3)11-13-32/h4-5,7-8,14-15,21-24,27-28,30-32,34,42-43,54H,6,9-13,16-20,25-26,29H2,1-3H3,(H,52,53)(H,55,59)/t31?,32?,42-,43-/m0/s1. The van der Waals surface area contributed by atoms with Crippen molar-refractivity contribution in [1.82, 2.24) is 19.6 Å². The molecule has 2 aliphatic carbocycles. The van der Waals surface area contributed by atoms with Gasteiger partial charge in [0.15, 0.2) is 11.4 Å². The van der Waals surface area contributed by atoms with Gasteiger partial charge >= 0.3 is 0 Å². The molecule has 10 rings (SSSR count). The summed E-state index contributed by atoms with van der Waals surface area (Å²) in [6, 6.07) is 18.4. The molecule has 2 saturated carbocycles. The molecular formula is C50H58FN7O7S. The molecule has 3 aromatic carbocycles. The Morgan fingerprint density at radius 2 is 1.80 bits per heavy atom. The molecule has 2 saturated heterocycles. The van der Waals surface area contributed by atoms with Crippen LogP contribution in [-0.2, 0) is 10.0 Å². The van der Waals surface area contributed by atoms with Gasteiger partial charge in [-0.1, -0.05) is 57.9 Å². The van der Waals surface area contributed by atoms with Crippen molar-refractivity contribution in [3.63, 3.8) is 0 Å². The van der Waals surface area contributed by atoms with Gasteiger partial charge in [0.05, 0.1) is 33.0 Å². The number of halogens is 1. The summed E-state index contributed by atoms with van der Waals surface area (Å²) in [6.07, 6.45) is 13.4. The van der Waals surface area contributed by atoms with E-state index in [0.29, 0.717) is 29.6 Å². The molecule has 3 N–H and O–H groups in total. The summed E-state index contributed by atoms with van der Waals surface area (Å²) < 4.78 is 57.0. The first-order valence-electron chi connectivity index (χ1n) is 23.6. The van der Waals surface area contributed by atoms with E-state index in [9.17, 15) is 27.7 Å². The molecule has 0 radical (unpaired) electrons. The number of benzene rings is 3. The highest BCUT2D eigenvalue weighted by Crippen LogP contribution is 2.54. The molecule has 5 aromatic rings. The van der Waals surface area contributed by atoms with Crippen LogP contribution in [0.1, 0.15) is 118 Å². The number of fused-ring (bicyclic) bond motifs is 2. The van der Waals surface area contributed by atoms with E-state index in [2.05, 4.69) is 74.8 Å². The lowest BCUT2D eigenvalue weighted by Gasteiger charge is -2.56. The first-order valence-corrected chi connectivity index (χ1v) is 25.1. The predicted octanol–water partition coefficient (Wildman–Crippen LogP) is 10.2. The molecule has 2 atom stereocenters. The number of nitrogens with zero attached hydrogens (tertiary/aromatic N) is 4. The lowest BCUT2D eigenvalue weighted by atomic mass is 9.59. The Morgan fingerprint density at radius 3 is 2.56 bits per heavy atom. The number of nitrogens with one attached hydrogen (secondary N) is 3. The number of H-pyrrole nitrogens is 1. The van der Waals surface area contributed by atoms with Gasteiger partial charge in [0.1, 0.15) is 29.6 Å². The number of sulfonamides is 1. The smallest absolute Gasteiger partial charge is 0.297 e. The van der Waals surface area contributed by atoms with E-state index in [0.717, 1.165) is 69.9 Å². The molecule has 4 fully saturated rings. The van der Waals surface area contributed by atoms with Gasteiger partial charge in [-0.25, -0.2) is 22.5 Å². The van der Waals surface area contributed by atoms with E-state index in [1.807, 2.05) is 0 Å². The third-order valence-corrected chi connectivity index (χ3v) is 16.6. The molecule has 14 nitrogen and oxygen atoms in total. The average molecular weight is 920 g/mol. The topological polar surface area (TPSA) is 172 Å². The molecule has 5 aliphatic rings. The van der Waals surface area contributed by atoms with E-state index in [4.69, 9.17) is 9.47 Å². The Hall–Kier alpha value is -5.74. The number of rotatable bonds is 11. The van der Waals surface area contributed by atoms with E-state index < -0.39 is 37.3 Å². The summed E-state index contributed by atoms with van der Waals surface area (Å²) >= 11 is 0. The maximum atomic E-state index is 14.7. The lowest BCUT2D eigenvalue weighted by molar-refractivity contribution is -0.384. The van der Waals surface area contributed by atoms with Crippen LogP contribution >= 0.6 is 0 Å². The fourth-order valence-corrected chi connectivity index (χ4v) is 12.6. The summed E-state index contributed by atoms with van der Waals surface area (Å²) in [4.78, 5) is 37.4. The number of likely N-dealkylation sites (tertiary alicyclic amines) is 1. The number of nitro benzene ring substituents is 1. The minimum Gasteiger partial charge on any atom is -0.489 e. The van der Waals surface area contributed by atoms with Crippen LogP contribution in [0.3, 0.4) is 0 Å². The molecule has 16 heteroatoms. The van der Waals surface area contributed by atoms with Crippen molar-refractivity contribution in [2.75, 3.05) is 36.5 Å². The monoisotopic (exact) mass is 919 g/mol. The zero-order valence-corrected chi connectivity index (χ0v) is 38.5. The van der Waals surface area contributed by atoms with Crippen molar-refractivity contribution < 1.29 is 32.0 Å². The van der Waals surface area contributed by atoms with E-state index >= 15 is 0 Å². The lowest BCUT2D eigenvalue weighted by Crippen LogP contribution is -2.54. The molecule has 1 spiro atoms. The van der Waals surface area contributed by atoms with Crippen LogP contribution in [0.5, 0.6) is 17.2 Å².